The van der Waals surface area contributed by atoms with Crippen LogP contribution in [0.4, 0.5) is 9.52 Å². The van der Waals surface area contributed by atoms with Crippen LogP contribution < -0.4 is 4.90 Å². The van der Waals surface area contributed by atoms with Crippen LogP contribution in [0.5, 0.6) is 0 Å². The van der Waals surface area contributed by atoms with Crippen molar-refractivity contribution in [3.8, 4) is 11.3 Å². The molecule has 0 saturated carbocycles. The maximum absolute atomic E-state index is 13.1. The molecule has 3 heterocycles. The largest absolute Gasteiger partial charge is 0.367 e. The molecule has 1 unspecified atom stereocenters. The van der Waals surface area contributed by atoms with E-state index in [9.17, 15) is 4.39 Å². The van der Waals surface area contributed by atoms with Gasteiger partial charge in [-0.15, -0.1) is 5.10 Å². The first-order chi connectivity index (χ1) is 13.6. The zero-order valence-corrected chi connectivity index (χ0v) is 16.2. The van der Waals surface area contributed by atoms with Crippen LogP contribution in [0.2, 0.25) is 0 Å². The van der Waals surface area contributed by atoms with Gasteiger partial charge in [-0.3, -0.25) is 0 Å². The van der Waals surface area contributed by atoms with E-state index in [0.717, 1.165) is 34.4 Å². The number of hydrogen-bond donors (Lipinski definition) is 0. The standard InChI is InChI=1S/C21H19FN4OS/c1-21(16-5-3-2-4-6-16)14-25(11-12-27-21)20-24-26-13-18(23-19(26)28-20)15-7-9-17(22)10-8-15/h2-10,13H,11-12,14H2,1H3. The molecule has 2 aromatic heterocycles. The van der Waals surface area contributed by atoms with Gasteiger partial charge < -0.3 is 9.64 Å². The fourth-order valence-electron chi connectivity index (χ4n) is 3.58. The normalized spacial score (nSPS) is 20.0. The number of hydrogen-bond acceptors (Lipinski definition) is 5. The van der Waals surface area contributed by atoms with Crippen molar-refractivity contribution in [2.75, 3.05) is 24.6 Å². The molecule has 0 N–H and O–H groups in total. The van der Waals surface area contributed by atoms with Crippen LogP contribution in [-0.4, -0.2) is 34.3 Å². The zero-order valence-electron chi connectivity index (χ0n) is 15.4. The van der Waals surface area contributed by atoms with Crippen molar-refractivity contribution in [3.05, 3.63) is 72.2 Å². The van der Waals surface area contributed by atoms with E-state index in [1.54, 1.807) is 28.0 Å². The van der Waals surface area contributed by atoms with Gasteiger partial charge in [-0.25, -0.2) is 13.9 Å². The Morgan fingerprint density at radius 3 is 2.64 bits per heavy atom. The second-order valence-electron chi connectivity index (χ2n) is 7.11. The summed E-state index contributed by atoms with van der Waals surface area (Å²) in [6.07, 6.45) is 1.89. The van der Waals surface area contributed by atoms with Crippen molar-refractivity contribution in [1.82, 2.24) is 14.6 Å². The quantitative estimate of drug-likeness (QED) is 0.518. The summed E-state index contributed by atoms with van der Waals surface area (Å²) in [5.74, 6) is -0.251. The Bertz CT molecular complexity index is 1080. The summed E-state index contributed by atoms with van der Waals surface area (Å²) < 4.78 is 21.1. The molecule has 1 saturated heterocycles. The van der Waals surface area contributed by atoms with Crippen molar-refractivity contribution in [2.24, 2.45) is 0 Å². The van der Waals surface area contributed by atoms with Gasteiger partial charge in [-0.05, 0) is 36.8 Å². The number of fused-ring (bicyclic) bond motifs is 1. The number of anilines is 1. The predicted molar refractivity (Wildman–Crippen MR) is 108 cm³/mol. The number of benzene rings is 2. The first-order valence-electron chi connectivity index (χ1n) is 9.17. The molecule has 0 spiro atoms. The van der Waals surface area contributed by atoms with Gasteiger partial charge in [0.05, 0.1) is 25.0 Å². The highest BCUT2D eigenvalue weighted by atomic mass is 32.1. The van der Waals surface area contributed by atoms with Crippen LogP contribution in [-0.2, 0) is 10.3 Å². The summed E-state index contributed by atoms with van der Waals surface area (Å²) in [5.41, 5.74) is 2.47. The molecule has 1 aliphatic heterocycles. The van der Waals surface area contributed by atoms with Crippen molar-refractivity contribution < 1.29 is 9.13 Å². The number of rotatable bonds is 3. The molecular weight excluding hydrogens is 375 g/mol. The second kappa shape index (κ2) is 6.68. The van der Waals surface area contributed by atoms with E-state index in [0.29, 0.717) is 6.61 Å². The topological polar surface area (TPSA) is 42.7 Å². The lowest BCUT2D eigenvalue weighted by Gasteiger charge is -2.40. The highest BCUT2D eigenvalue weighted by Gasteiger charge is 2.35. The van der Waals surface area contributed by atoms with Gasteiger partial charge in [-0.1, -0.05) is 41.7 Å². The fourth-order valence-corrected chi connectivity index (χ4v) is 4.48. The smallest absolute Gasteiger partial charge is 0.214 e. The molecule has 0 aliphatic carbocycles. The molecule has 0 amide bonds. The lowest BCUT2D eigenvalue weighted by Crippen LogP contribution is -2.48. The molecule has 142 valence electrons. The van der Waals surface area contributed by atoms with Crippen LogP contribution >= 0.6 is 11.3 Å². The number of nitrogens with zero attached hydrogens (tertiary/aromatic N) is 4. The third-order valence-electron chi connectivity index (χ3n) is 5.10. The van der Waals surface area contributed by atoms with Gasteiger partial charge in [0.25, 0.3) is 0 Å². The average Bonchev–Trinajstić information content (AvgIpc) is 3.29. The average molecular weight is 394 g/mol. The van der Waals surface area contributed by atoms with E-state index in [1.165, 1.54) is 17.7 Å². The summed E-state index contributed by atoms with van der Waals surface area (Å²) in [4.78, 5) is 7.74. The van der Waals surface area contributed by atoms with E-state index >= 15 is 0 Å². The van der Waals surface area contributed by atoms with Crippen LogP contribution in [0.3, 0.4) is 0 Å². The van der Waals surface area contributed by atoms with E-state index in [4.69, 9.17) is 9.84 Å². The number of ether oxygens (including phenoxy) is 1. The van der Waals surface area contributed by atoms with E-state index < -0.39 is 0 Å². The maximum atomic E-state index is 13.1. The Hall–Kier alpha value is -2.77. The molecule has 1 atom stereocenters. The minimum atomic E-state index is -0.369. The third-order valence-corrected chi connectivity index (χ3v) is 6.09. The highest BCUT2D eigenvalue weighted by molar-refractivity contribution is 7.20. The molecule has 0 radical (unpaired) electrons. The lowest BCUT2D eigenvalue weighted by atomic mass is 9.94. The number of aromatic nitrogens is 3. The molecule has 7 heteroatoms. The molecule has 28 heavy (non-hydrogen) atoms. The Morgan fingerprint density at radius 1 is 1.11 bits per heavy atom. The molecule has 1 aliphatic rings. The Labute approximate surface area is 166 Å². The molecular formula is C21H19FN4OS. The van der Waals surface area contributed by atoms with Crippen LogP contribution in [0.15, 0.2) is 60.8 Å². The minimum absolute atomic E-state index is 0.251. The second-order valence-corrected chi connectivity index (χ2v) is 8.05. The molecule has 0 bridgehead atoms. The van der Waals surface area contributed by atoms with Crippen molar-refractivity contribution in [1.29, 1.82) is 0 Å². The first kappa shape index (κ1) is 17.3. The van der Waals surface area contributed by atoms with Gasteiger partial charge in [0.2, 0.25) is 10.1 Å². The zero-order chi connectivity index (χ0) is 19.1. The summed E-state index contributed by atoms with van der Waals surface area (Å²) in [7, 11) is 0. The van der Waals surface area contributed by atoms with Crippen molar-refractivity contribution >= 4 is 21.4 Å². The van der Waals surface area contributed by atoms with Gasteiger partial charge >= 0.3 is 0 Å². The van der Waals surface area contributed by atoms with Gasteiger partial charge in [-0.2, -0.15) is 0 Å². The molecule has 5 nitrogen and oxygen atoms in total. The third kappa shape index (κ3) is 3.06. The SMILES string of the molecule is CC1(c2ccccc2)CN(c2nn3cc(-c4ccc(F)cc4)nc3s2)CCO1. The van der Waals surface area contributed by atoms with E-state index in [-0.39, 0.29) is 11.4 Å². The number of halogens is 1. The molecule has 2 aromatic carbocycles. The summed E-state index contributed by atoms with van der Waals surface area (Å²) in [6, 6.07) is 16.7. The van der Waals surface area contributed by atoms with Crippen LogP contribution in [0, 0.1) is 5.82 Å². The Morgan fingerprint density at radius 2 is 1.89 bits per heavy atom. The molecule has 5 rings (SSSR count). The highest BCUT2D eigenvalue weighted by Crippen LogP contribution is 2.34. The van der Waals surface area contributed by atoms with Crippen LogP contribution in [0.25, 0.3) is 16.2 Å². The van der Waals surface area contributed by atoms with Crippen molar-refractivity contribution in [3.63, 3.8) is 0 Å². The van der Waals surface area contributed by atoms with Crippen molar-refractivity contribution in [2.45, 2.75) is 12.5 Å². The first-order valence-corrected chi connectivity index (χ1v) is 9.99. The Kier molecular flexibility index (Phi) is 4.14. The number of morpholine rings is 1. The maximum Gasteiger partial charge on any atom is 0.214 e. The van der Waals surface area contributed by atoms with Crippen LogP contribution in [0.1, 0.15) is 12.5 Å². The fraction of sp³-hybridized carbons (Fsp3) is 0.238. The minimum Gasteiger partial charge on any atom is -0.367 e. The van der Waals surface area contributed by atoms with E-state index in [2.05, 4.69) is 28.9 Å². The van der Waals surface area contributed by atoms with Gasteiger partial charge in [0.15, 0.2) is 0 Å². The predicted octanol–water partition coefficient (Wildman–Crippen LogP) is 4.35. The Balaban J connectivity index is 1.41. The summed E-state index contributed by atoms with van der Waals surface area (Å²) >= 11 is 1.56. The molecule has 4 aromatic rings. The number of imidazole rings is 1. The van der Waals surface area contributed by atoms with Gasteiger partial charge in [0, 0.05) is 12.1 Å². The monoisotopic (exact) mass is 394 g/mol. The summed E-state index contributed by atoms with van der Waals surface area (Å²) in [5, 5.41) is 5.66. The molecule has 1 fully saturated rings. The van der Waals surface area contributed by atoms with E-state index in [1.807, 2.05) is 24.4 Å². The van der Waals surface area contributed by atoms with Gasteiger partial charge in [0.1, 0.15) is 11.4 Å². The summed E-state index contributed by atoms with van der Waals surface area (Å²) in [6.45, 7) is 4.30. The lowest BCUT2D eigenvalue weighted by molar-refractivity contribution is -0.0466.